The molecule has 8 rings (SSSR count). The highest BCUT2D eigenvalue weighted by Gasteiger charge is 2.20. The van der Waals surface area contributed by atoms with Crippen LogP contribution in [0.3, 0.4) is 0 Å². The van der Waals surface area contributed by atoms with E-state index in [2.05, 4.69) is 107 Å². The zero-order chi connectivity index (χ0) is 25.1. The molecule has 0 spiro atoms. The van der Waals surface area contributed by atoms with E-state index in [1.54, 1.807) is 6.20 Å². The lowest BCUT2D eigenvalue weighted by atomic mass is 9.95. The van der Waals surface area contributed by atoms with Crippen LogP contribution in [-0.4, -0.2) is 14.5 Å². The summed E-state index contributed by atoms with van der Waals surface area (Å²) in [5, 5.41) is 4.50. The lowest BCUT2D eigenvalue weighted by Crippen LogP contribution is -1.98. The topological polar surface area (TPSA) is 43.9 Å². The first kappa shape index (κ1) is 20.9. The van der Waals surface area contributed by atoms with Crippen LogP contribution < -0.4 is 0 Å². The highest BCUT2D eigenvalue weighted by molar-refractivity contribution is 6.11. The number of aromatic nitrogens is 3. The van der Waals surface area contributed by atoms with Gasteiger partial charge in [0.1, 0.15) is 11.3 Å². The van der Waals surface area contributed by atoms with E-state index in [0.717, 1.165) is 50.0 Å². The summed E-state index contributed by atoms with van der Waals surface area (Å²) in [7, 11) is 0. The molecule has 0 amide bonds. The summed E-state index contributed by atoms with van der Waals surface area (Å²) in [6.07, 6.45) is 5.47. The highest BCUT2D eigenvalue weighted by Crippen LogP contribution is 2.41. The third-order valence-corrected chi connectivity index (χ3v) is 7.39. The van der Waals surface area contributed by atoms with Crippen LogP contribution in [0.15, 0.2) is 132 Å². The van der Waals surface area contributed by atoms with Gasteiger partial charge in [0.15, 0.2) is 5.58 Å². The average Bonchev–Trinajstić information content (AvgIpc) is 3.53. The monoisotopic (exact) mass is 487 g/mol. The van der Waals surface area contributed by atoms with Gasteiger partial charge in [-0.3, -0.25) is 9.97 Å². The predicted molar refractivity (Wildman–Crippen MR) is 155 cm³/mol. The Morgan fingerprint density at radius 2 is 1.18 bits per heavy atom. The van der Waals surface area contributed by atoms with Crippen LogP contribution in [0.25, 0.3) is 71.8 Å². The number of hydrogen-bond donors (Lipinski definition) is 0. The van der Waals surface area contributed by atoms with Crippen LogP contribution in [0.2, 0.25) is 0 Å². The smallest absolute Gasteiger partial charge is 0.161 e. The molecule has 0 aliphatic heterocycles. The maximum Gasteiger partial charge on any atom is 0.161 e. The van der Waals surface area contributed by atoms with Gasteiger partial charge < -0.3 is 8.98 Å². The first-order valence-corrected chi connectivity index (χ1v) is 12.7. The van der Waals surface area contributed by atoms with Crippen LogP contribution >= 0.6 is 0 Å². The number of para-hydroxylation sites is 3. The molecule has 4 heterocycles. The van der Waals surface area contributed by atoms with E-state index < -0.39 is 0 Å². The summed E-state index contributed by atoms with van der Waals surface area (Å²) in [5.74, 6) is 0. The van der Waals surface area contributed by atoms with Gasteiger partial charge >= 0.3 is 0 Å². The molecule has 178 valence electrons. The molecule has 0 saturated carbocycles. The molecule has 0 aliphatic carbocycles. The Hall–Kier alpha value is -5.22. The van der Waals surface area contributed by atoms with Crippen LogP contribution in [0.4, 0.5) is 0 Å². The maximum atomic E-state index is 6.34. The lowest BCUT2D eigenvalue weighted by Gasteiger charge is -2.16. The fourth-order valence-electron chi connectivity index (χ4n) is 5.74. The molecule has 0 radical (unpaired) electrons. The average molecular weight is 488 g/mol. The van der Waals surface area contributed by atoms with Gasteiger partial charge in [-0.1, -0.05) is 78.9 Å². The first-order valence-electron chi connectivity index (χ1n) is 12.7. The molecule has 0 unspecified atom stereocenters. The van der Waals surface area contributed by atoms with Gasteiger partial charge in [0.05, 0.1) is 16.7 Å². The van der Waals surface area contributed by atoms with Crippen molar-refractivity contribution in [1.29, 1.82) is 0 Å². The van der Waals surface area contributed by atoms with Gasteiger partial charge in [-0.15, -0.1) is 0 Å². The summed E-state index contributed by atoms with van der Waals surface area (Å²) in [6, 6.07) is 38.2. The van der Waals surface area contributed by atoms with Crippen molar-refractivity contribution in [1.82, 2.24) is 14.5 Å². The van der Waals surface area contributed by atoms with Crippen molar-refractivity contribution in [3.05, 3.63) is 128 Å². The Kier molecular flexibility index (Phi) is 4.49. The van der Waals surface area contributed by atoms with E-state index in [4.69, 9.17) is 9.40 Å². The zero-order valence-electron chi connectivity index (χ0n) is 20.4. The maximum absolute atomic E-state index is 6.34. The van der Waals surface area contributed by atoms with E-state index in [0.29, 0.717) is 0 Å². The third-order valence-electron chi connectivity index (χ3n) is 7.39. The SMILES string of the molecule is c1ccc(-c2nccc3c2oc2ccncc23)c(-c2ccccc2-n2c3ccccc3c3ccccc32)c1. The fraction of sp³-hybridized carbons (Fsp3) is 0. The molecule has 4 aromatic carbocycles. The number of hydrogen-bond acceptors (Lipinski definition) is 3. The Bertz CT molecular complexity index is 2100. The number of fused-ring (bicyclic) bond motifs is 6. The van der Waals surface area contributed by atoms with Crippen LogP contribution in [-0.2, 0) is 0 Å². The molecule has 0 N–H and O–H groups in total. The largest absolute Gasteiger partial charge is 0.454 e. The molecule has 4 heteroatoms. The van der Waals surface area contributed by atoms with E-state index in [-0.39, 0.29) is 0 Å². The van der Waals surface area contributed by atoms with E-state index in [1.807, 2.05) is 24.5 Å². The molecule has 8 aromatic rings. The Morgan fingerprint density at radius 1 is 0.526 bits per heavy atom. The Morgan fingerprint density at radius 3 is 1.97 bits per heavy atom. The van der Waals surface area contributed by atoms with Crippen LogP contribution in [0.5, 0.6) is 0 Å². The summed E-state index contributed by atoms with van der Waals surface area (Å²) < 4.78 is 8.71. The van der Waals surface area contributed by atoms with Crippen LogP contribution in [0.1, 0.15) is 0 Å². The second-order valence-corrected chi connectivity index (χ2v) is 9.44. The minimum Gasteiger partial charge on any atom is -0.454 e. The molecule has 0 bridgehead atoms. The first-order chi connectivity index (χ1) is 18.9. The fourth-order valence-corrected chi connectivity index (χ4v) is 5.74. The standard InChI is InChI=1S/C34H21N3O/c1-2-13-26(33-34-27(17-20-36-33)28-21-35-19-18-32(28)38-34)22(9-1)23-10-3-6-14-29(23)37-30-15-7-4-11-24(30)25-12-5-8-16-31(25)37/h1-21H. The van der Waals surface area contributed by atoms with Crippen molar-refractivity contribution in [3.8, 4) is 28.1 Å². The minimum absolute atomic E-state index is 0.775. The highest BCUT2D eigenvalue weighted by atomic mass is 16.3. The Balaban J connectivity index is 1.43. The predicted octanol–water partition coefficient (Wildman–Crippen LogP) is 8.81. The van der Waals surface area contributed by atoms with Crippen molar-refractivity contribution in [2.45, 2.75) is 0 Å². The molecule has 4 nitrogen and oxygen atoms in total. The van der Waals surface area contributed by atoms with Crippen molar-refractivity contribution < 1.29 is 4.42 Å². The Labute approximate surface area is 218 Å². The van der Waals surface area contributed by atoms with Gasteiger partial charge in [0.2, 0.25) is 0 Å². The molecular formula is C34H21N3O. The second kappa shape index (κ2) is 8.15. The lowest BCUT2D eigenvalue weighted by molar-refractivity contribution is 0.668. The number of furan rings is 1. The summed E-state index contributed by atoms with van der Waals surface area (Å²) in [4.78, 5) is 9.14. The molecule has 38 heavy (non-hydrogen) atoms. The molecule has 0 saturated heterocycles. The summed E-state index contributed by atoms with van der Waals surface area (Å²) in [5.41, 5.74) is 9.16. The van der Waals surface area contributed by atoms with E-state index >= 15 is 0 Å². The van der Waals surface area contributed by atoms with Gasteiger partial charge in [-0.25, -0.2) is 0 Å². The number of rotatable bonds is 3. The molecule has 0 fully saturated rings. The summed E-state index contributed by atoms with van der Waals surface area (Å²) >= 11 is 0. The second-order valence-electron chi connectivity index (χ2n) is 9.44. The van der Waals surface area contributed by atoms with Crippen molar-refractivity contribution in [2.24, 2.45) is 0 Å². The van der Waals surface area contributed by atoms with E-state index in [1.165, 1.54) is 21.8 Å². The van der Waals surface area contributed by atoms with Crippen molar-refractivity contribution in [2.75, 3.05) is 0 Å². The molecule has 0 atom stereocenters. The normalized spacial score (nSPS) is 11.7. The number of nitrogens with zero attached hydrogens (tertiary/aromatic N) is 3. The number of benzene rings is 4. The van der Waals surface area contributed by atoms with Gasteiger partial charge in [0.25, 0.3) is 0 Å². The van der Waals surface area contributed by atoms with Gasteiger partial charge in [-0.2, -0.15) is 0 Å². The minimum atomic E-state index is 0.775. The van der Waals surface area contributed by atoms with E-state index in [9.17, 15) is 0 Å². The quantitative estimate of drug-likeness (QED) is 0.250. The molecule has 4 aromatic heterocycles. The zero-order valence-corrected chi connectivity index (χ0v) is 20.4. The molecular weight excluding hydrogens is 466 g/mol. The van der Waals surface area contributed by atoms with Crippen molar-refractivity contribution in [3.63, 3.8) is 0 Å². The molecule has 0 aliphatic rings. The van der Waals surface area contributed by atoms with Gasteiger partial charge in [0, 0.05) is 51.3 Å². The van der Waals surface area contributed by atoms with Crippen molar-refractivity contribution >= 4 is 43.7 Å². The van der Waals surface area contributed by atoms with Crippen LogP contribution in [0, 0.1) is 0 Å². The van der Waals surface area contributed by atoms with Gasteiger partial charge in [-0.05, 0) is 35.9 Å². The number of pyridine rings is 2. The third kappa shape index (κ3) is 2.98. The summed E-state index contributed by atoms with van der Waals surface area (Å²) in [6.45, 7) is 0.